The fourth-order valence-electron chi connectivity index (χ4n) is 4.33. The van der Waals surface area contributed by atoms with Gasteiger partial charge in [-0.15, -0.1) is 0 Å². The van der Waals surface area contributed by atoms with E-state index in [0.717, 1.165) is 47.9 Å². The van der Waals surface area contributed by atoms with E-state index in [2.05, 4.69) is 25.2 Å². The Morgan fingerprint density at radius 2 is 1.86 bits per heavy atom. The van der Waals surface area contributed by atoms with Crippen molar-refractivity contribution in [1.82, 2.24) is 15.0 Å². The maximum atomic E-state index is 6.17. The second kappa shape index (κ2) is 10.4. The van der Waals surface area contributed by atoms with E-state index >= 15 is 0 Å². The summed E-state index contributed by atoms with van der Waals surface area (Å²) in [5.74, 6) is 3.15. The van der Waals surface area contributed by atoms with E-state index in [9.17, 15) is 0 Å². The third-order valence-corrected chi connectivity index (χ3v) is 5.90. The first-order chi connectivity index (χ1) is 17.2. The van der Waals surface area contributed by atoms with Crippen molar-refractivity contribution in [3.8, 4) is 22.8 Å². The van der Waals surface area contributed by atoms with Crippen LogP contribution >= 0.6 is 0 Å². The molecule has 8 nitrogen and oxygen atoms in total. The molecule has 0 radical (unpaired) electrons. The number of methoxy groups -OCH3 is 1. The molecule has 1 aliphatic heterocycles. The minimum atomic E-state index is 0.208. The molecule has 4 aromatic rings. The molecule has 5 rings (SSSR count). The Morgan fingerprint density at radius 3 is 2.71 bits per heavy atom. The molecule has 0 saturated carbocycles. The van der Waals surface area contributed by atoms with Crippen LogP contribution in [0, 0.1) is 0 Å². The van der Waals surface area contributed by atoms with Gasteiger partial charge in [0.25, 0.3) is 0 Å². The summed E-state index contributed by atoms with van der Waals surface area (Å²) in [5, 5.41) is 3.31. The van der Waals surface area contributed by atoms with Crippen molar-refractivity contribution in [2.75, 3.05) is 36.2 Å². The van der Waals surface area contributed by atoms with E-state index in [0.29, 0.717) is 24.2 Å². The average Bonchev–Trinajstić information content (AvgIpc) is 3.33. The minimum absolute atomic E-state index is 0.208. The zero-order valence-corrected chi connectivity index (χ0v) is 19.6. The maximum Gasteiger partial charge on any atom is 0.222 e. The number of ether oxygens (including phenoxy) is 2. The fraction of sp³-hybridized carbons (Fsp3) is 0.222. The van der Waals surface area contributed by atoms with Gasteiger partial charge in [0.05, 0.1) is 18.3 Å². The van der Waals surface area contributed by atoms with Crippen LogP contribution in [0.1, 0.15) is 12.8 Å². The number of aromatic nitrogens is 3. The lowest BCUT2D eigenvalue weighted by Gasteiger charge is -2.25. The Kier molecular flexibility index (Phi) is 6.72. The van der Waals surface area contributed by atoms with Crippen LogP contribution < -0.4 is 20.7 Å². The van der Waals surface area contributed by atoms with E-state index in [1.165, 1.54) is 0 Å². The summed E-state index contributed by atoms with van der Waals surface area (Å²) in [5.41, 5.74) is 8.53. The second-order valence-electron chi connectivity index (χ2n) is 8.41. The Labute approximate surface area is 204 Å². The molecule has 0 spiro atoms. The molecule has 1 aliphatic rings. The highest BCUT2D eigenvalue weighted by molar-refractivity contribution is 5.67. The molecule has 0 unspecified atom stereocenters. The molecule has 1 atom stereocenters. The van der Waals surface area contributed by atoms with Crippen molar-refractivity contribution in [3.05, 3.63) is 79.0 Å². The Hall–Kier alpha value is -4.17. The van der Waals surface area contributed by atoms with Gasteiger partial charge in [-0.25, -0.2) is 9.97 Å². The van der Waals surface area contributed by atoms with E-state index in [-0.39, 0.29) is 5.95 Å². The number of benzene rings is 2. The van der Waals surface area contributed by atoms with Gasteiger partial charge in [0.1, 0.15) is 23.1 Å². The number of rotatable bonds is 8. The third-order valence-electron chi connectivity index (χ3n) is 5.90. The lowest BCUT2D eigenvalue weighted by Crippen LogP contribution is -2.33. The monoisotopic (exact) mass is 468 g/mol. The lowest BCUT2D eigenvalue weighted by molar-refractivity contribution is 0.180. The van der Waals surface area contributed by atoms with E-state index in [4.69, 9.17) is 15.2 Å². The molecule has 0 aliphatic carbocycles. The molecule has 1 fully saturated rings. The van der Waals surface area contributed by atoms with Crippen LogP contribution in [0.15, 0.2) is 79.0 Å². The summed E-state index contributed by atoms with van der Waals surface area (Å²) in [6.45, 7) is 1.66. The Morgan fingerprint density at radius 1 is 1.00 bits per heavy atom. The largest absolute Gasteiger partial charge is 0.457 e. The van der Waals surface area contributed by atoms with Gasteiger partial charge in [-0.3, -0.25) is 0 Å². The average molecular weight is 469 g/mol. The van der Waals surface area contributed by atoms with Crippen LogP contribution in [0.3, 0.4) is 0 Å². The standard InChI is InChI=1S/C27H28N6O2/c1-34-18-21-10-6-14-33(21)26-16-23(12-13-29-26)35-22-11-5-9-20(15-22)30-25-17-24(31-27(28)32-25)19-7-3-2-4-8-19/h2-5,7-9,11-13,15-17,21H,6,10,14,18H2,1H3,(H3,28,30,31,32)/t21-/m1/s1. The number of nitrogens with two attached hydrogens (primary N) is 1. The van der Waals surface area contributed by atoms with Gasteiger partial charge in [-0.05, 0) is 31.0 Å². The highest BCUT2D eigenvalue weighted by Gasteiger charge is 2.25. The predicted molar refractivity (Wildman–Crippen MR) is 138 cm³/mol. The number of nitrogen functional groups attached to an aromatic ring is 1. The second-order valence-corrected chi connectivity index (χ2v) is 8.41. The third kappa shape index (κ3) is 5.50. The van der Waals surface area contributed by atoms with Crippen LogP contribution in [-0.2, 0) is 4.74 Å². The summed E-state index contributed by atoms with van der Waals surface area (Å²) in [4.78, 5) is 15.6. The molecule has 8 heteroatoms. The maximum absolute atomic E-state index is 6.17. The van der Waals surface area contributed by atoms with Crippen LogP contribution in [0.4, 0.5) is 23.3 Å². The Bertz CT molecular complexity index is 1280. The highest BCUT2D eigenvalue weighted by Crippen LogP contribution is 2.30. The molecule has 0 bridgehead atoms. The molecule has 1 saturated heterocycles. The highest BCUT2D eigenvalue weighted by atomic mass is 16.5. The molecule has 2 aromatic carbocycles. The zero-order valence-electron chi connectivity index (χ0n) is 19.6. The molecule has 3 N–H and O–H groups in total. The summed E-state index contributed by atoms with van der Waals surface area (Å²) < 4.78 is 11.6. The summed E-state index contributed by atoms with van der Waals surface area (Å²) in [6, 6.07) is 23.6. The molecule has 0 amide bonds. The van der Waals surface area contributed by atoms with Gasteiger partial charge >= 0.3 is 0 Å². The summed E-state index contributed by atoms with van der Waals surface area (Å²) >= 11 is 0. The van der Waals surface area contributed by atoms with Crippen LogP contribution in [0.25, 0.3) is 11.3 Å². The van der Waals surface area contributed by atoms with Gasteiger partial charge in [0.2, 0.25) is 5.95 Å². The summed E-state index contributed by atoms with van der Waals surface area (Å²) in [6.07, 6.45) is 4.02. The van der Waals surface area contributed by atoms with Crippen LogP contribution in [0.2, 0.25) is 0 Å². The number of anilines is 4. The quantitative estimate of drug-likeness (QED) is 0.361. The van der Waals surface area contributed by atoms with Crippen molar-refractivity contribution < 1.29 is 9.47 Å². The molecule has 2 aromatic heterocycles. The van der Waals surface area contributed by atoms with Crippen LogP contribution in [-0.4, -0.2) is 41.3 Å². The number of nitrogens with zero attached hydrogens (tertiary/aromatic N) is 4. The number of hydrogen-bond donors (Lipinski definition) is 2. The van der Waals surface area contributed by atoms with Gasteiger partial charge < -0.3 is 25.4 Å². The zero-order chi connectivity index (χ0) is 24.0. The number of hydrogen-bond acceptors (Lipinski definition) is 8. The summed E-state index contributed by atoms with van der Waals surface area (Å²) in [7, 11) is 1.74. The van der Waals surface area contributed by atoms with Gasteiger partial charge in [0, 0.05) is 49.3 Å². The van der Waals surface area contributed by atoms with E-state index in [1.807, 2.05) is 72.8 Å². The lowest BCUT2D eigenvalue weighted by atomic mass is 10.1. The van der Waals surface area contributed by atoms with Crippen molar-refractivity contribution in [2.24, 2.45) is 0 Å². The number of nitrogens with one attached hydrogen (secondary N) is 1. The van der Waals surface area contributed by atoms with Crippen molar-refractivity contribution in [2.45, 2.75) is 18.9 Å². The minimum Gasteiger partial charge on any atom is -0.457 e. The molecule has 3 heterocycles. The first-order valence-corrected chi connectivity index (χ1v) is 11.6. The van der Waals surface area contributed by atoms with Gasteiger partial charge in [-0.2, -0.15) is 4.98 Å². The first-order valence-electron chi connectivity index (χ1n) is 11.6. The van der Waals surface area contributed by atoms with E-state index in [1.54, 1.807) is 13.3 Å². The molecular formula is C27H28N6O2. The van der Waals surface area contributed by atoms with Crippen LogP contribution in [0.5, 0.6) is 11.5 Å². The van der Waals surface area contributed by atoms with Crippen molar-refractivity contribution in [3.63, 3.8) is 0 Å². The molecule has 178 valence electrons. The smallest absolute Gasteiger partial charge is 0.222 e. The number of pyridine rings is 1. The van der Waals surface area contributed by atoms with Crippen molar-refractivity contribution >= 4 is 23.3 Å². The SMILES string of the molecule is COC[C@H]1CCCN1c1cc(Oc2cccc(Nc3cc(-c4ccccc4)nc(N)n3)c2)ccn1. The first kappa shape index (κ1) is 22.6. The van der Waals surface area contributed by atoms with Gasteiger partial charge in [0.15, 0.2) is 0 Å². The Balaban J connectivity index is 1.32. The predicted octanol–water partition coefficient (Wildman–Crippen LogP) is 5.27. The van der Waals surface area contributed by atoms with Crippen molar-refractivity contribution in [1.29, 1.82) is 0 Å². The normalized spacial score (nSPS) is 15.2. The fourth-order valence-corrected chi connectivity index (χ4v) is 4.33. The molecular weight excluding hydrogens is 440 g/mol. The molecule has 35 heavy (non-hydrogen) atoms. The topological polar surface area (TPSA) is 98.4 Å². The van der Waals surface area contributed by atoms with Gasteiger partial charge in [-0.1, -0.05) is 36.4 Å². The van der Waals surface area contributed by atoms with E-state index < -0.39 is 0 Å².